The standard InChI is InChI=1S/C26H24F9NO4/c1-4-17-12-19(18-11-14(24(27,28)29)6-7-20(18)36(17)23(38)40-5-2)21(22(37)39-3)13-8-15(25(30,31)32)10-16(9-13)26(33,34)35/h6-11,17,19,21H,4-5,12H2,1-3H3/t17-,19+,21+/m1/s1. The molecule has 1 aliphatic heterocycles. The van der Waals surface area contributed by atoms with Crippen molar-refractivity contribution >= 4 is 17.7 Å². The van der Waals surface area contributed by atoms with E-state index in [1.54, 1.807) is 6.92 Å². The summed E-state index contributed by atoms with van der Waals surface area (Å²) in [6.45, 7) is 3.03. The van der Waals surface area contributed by atoms with Gasteiger partial charge in [0.1, 0.15) is 0 Å². The third-order valence-electron chi connectivity index (χ3n) is 6.67. The Hall–Kier alpha value is -3.45. The minimum Gasteiger partial charge on any atom is -0.469 e. The summed E-state index contributed by atoms with van der Waals surface area (Å²) in [6, 6.07) is 2.03. The van der Waals surface area contributed by atoms with E-state index in [4.69, 9.17) is 9.47 Å². The second-order valence-corrected chi connectivity index (χ2v) is 9.08. The highest BCUT2D eigenvalue weighted by Crippen LogP contribution is 2.50. The number of rotatable bonds is 5. The normalized spacial score (nSPS) is 18.6. The molecule has 0 bridgehead atoms. The third kappa shape index (κ3) is 6.30. The Morgan fingerprint density at radius 2 is 1.43 bits per heavy atom. The van der Waals surface area contributed by atoms with Crippen molar-refractivity contribution in [2.75, 3.05) is 18.6 Å². The van der Waals surface area contributed by atoms with E-state index in [9.17, 15) is 49.1 Å². The number of esters is 1. The number of halogens is 9. The predicted molar refractivity (Wildman–Crippen MR) is 124 cm³/mol. The van der Waals surface area contributed by atoms with Gasteiger partial charge in [0.25, 0.3) is 0 Å². The maximum atomic E-state index is 13.7. The Labute approximate surface area is 222 Å². The molecule has 14 heteroatoms. The Balaban J connectivity index is 2.36. The summed E-state index contributed by atoms with van der Waals surface area (Å²) in [5.74, 6) is -4.54. The molecule has 1 amide bonds. The van der Waals surface area contributed by atoms with Gasteiger partial charge in [-0.05, 0) is 67.3 Å². The summed E-state index contributed by atoms with van der Waals surface area (Å²) in [5.41, 5.74) is -5.75. The number of methoxy groups -OCH3 is 1. The van der Waals surface area contributed by atoms with Gasteiger partial charge < -0.3 is 9.47 Å². The van der Waals surface area contributed by atoms with E-state index in [1.807, 2.05) is 0 Å². The molecule has 0 radical (unpaired) electrons. The van der Waals surface area contributed by atoms with Crippen molar-refractivity contribution in [3.63, 3.8) is 0 Å². The molecule has 0 aliphatic carbocycles. The lowest BCUT2D eigenvalue weighted by molar-refractivity contribution is -0.146. The van der Waals surface area contributed by atoms with Crippen molar-refractivity contribution in [3.05, 3.63) is 64.2 Å². The number of hydrogen-bond acceptors (Lipinski definition) is 4. The van der Waals surface area contributed by atoms with Gasteiger partial charge in [-0.15, -0.1) is 0 Å². The van der Waals surface area contributed by atoms with Crippen LogP contribution in [-0.4, -0.2) is 31.8 Å². The summed E-state index contributed by atoms with van der Waals surface area (Å²) in [5, 5.41) is 0. The van der Waals surface area contributed by atoms with Crippen LogP contribution in [0.15, 0.2) is 36.4 Å². The summed E-state index contributed by atoms with van der Waals surface area (Å²) in [7, 11) is 0.853. The third-order valence-corrected chi connectivity index (χ3v) is 6.67. The molecule has 0 unspecified atom stereocenters. The van der Waals surface area contributed by atoms with E-state index in [1.165, 1.54) is 6.92 Å². The maximum Gasteiger partial charge on any atom is 0.416 e. The molecule has 1 heterocycles. The number of alkyl halides is 9. The van der Waals surface area contributed by atoms with Gasteiger partial charge in [-0.25, -0.2) is 4.79 Å². The number of fused-ring (bicyclic) bond motifs is 1. The van der Waals surface area contributed by atoms with Gasteiger partial charge in [-0.1, -0.05) is 6.92 Å². The zero-order chi connectivity index (χ0) is 30.2. The van der Waals surface area contributed by atoms with Crippen molar-refractivity contribution in [1.82, 2.24) is 0 Å². The van der Waals surface area contributed by atoms with E-state index < -0.39 is 70.7 Å². The molecule has 0 aromatic heterocycles. The maximum absolute atomic E-state index is 13.7. The number of carbonyl (C=O) groups excluding carboxylic acids is 2. The average Bonchev–Trinajstić information content (AvgIpc) is 2.86. The first-order chi connectivity index (χ1) is 18.4. The average molecular weight is 585 g/mol. The van der Waals surface area contributed by atoms with E-state index in [-0.39, 0.29) is 36.8 Å². The topological polar surface area (TPSA) is 55.8 Å². The summed E-state index contributed by atoms with van der Waals surface area (Å²) >= 11 is 0. The lowest BCUT2D eigenvalue weighted by Crippen LogP contribution is -2.46. The number of hydrogen-bond donors (Lipinski definition) is 0. The summed E-state index contributed by atoms with van der Waals surface area (Å²) < 4.78 is 132. The minimum absolute atomic E-state index is 0.0829. The molecular weight excluding hydrogens is 561 g/mol. The van der Waals surface area contributed by atoms with Crippen LogP contribution in [-0.2, 0) is 32.8 Å². The molecule has 220 valence electrons. The fourth-order valence-electron chi connectivity index (χ4n) is 4.89. The molecule has 0 fully saturated rings. The van der Waals surface area contributed by atoms with Crippen molar-refractivity contribution in [3.8, 4) is 0 Å². The fraction of sp³-hybridized carbons (Fsp3) is 0.462. The fourth-order valence-corrected chi connectivity index (χ4v) is 4.89. The van der Waals surface area contributed by atoms with E-state index in [0.29, 0.717) is 24.3 Å². The Morgan fingerprint density at radius 1 is 0.875 bits per heavy atom. The zero-order valence-corrected chi connectivity index (χ0v) is 21.3. The molecule has 2 aromatic carbocycles. The second-order valence-electron chi connectivity index (χ2n) is 9.08. The first kappa shape index (κ1) is 31.1. The monoisotopic (exact) mass is 585 g/mol. The molecule has 0 saturated heterocycles. The van der Waals surface area contributed by atoms with E-state index >= 15 is 0 Å². The van der Waals surface area contributed by atoms with Crippen LogP contribution in [0.3, 0.4) is 0 Å². The quantitative estimate of drug-likeness (QED) is 0.264. The van der Waals surface area contributed by atoms with Crippen LogP contribution in [0.2, 0.25) is 0 Å². The minimum atomic E-state index is -5.24. The smallest absolute Gasteiger partial charge is 0.416 e. The highest BCUT2D eigenvalue weighted by atomic mass is 19.4. The van der Waals surface area contributed by atoms with Crippen LogP contribution in [0, 0.1) is 0 Å². The Bertz CT molecular complexity index is 1220. The number of ether oxygens (including phenoxy) is 2. The van der Waals surface area contributed by atoms with Gasteiger partial charge in [0.05, 0.1) is 42.0 Å². The van der Waals surface area contributed by atoms with Crippen LogP contribution in [0.4, 0.5) is 50.0 Å². The molecule has 2 aromatic rings. The number of benzene rings is 2. The van der Waals surface area contributed by atoms with Crippen LogP contribution in [0.25, 0.3) is 0 Å². The Morgan fingerprint density at radius 3 is 1.88 bits per heavy atom. The zero-order valence-electron chi connectivity index (χ0n) is 21.3. The van der Waals surface area contributed by atoms with Crippen molar-refractivity contribution in [1.29, 1.82) is 0 Å². The number of anilines is 1. The lowest BCUT2D eigenvalue weighted by atomic mass is 9.73. The van der Waals surface area contributed by atoms with Crippen molar-refractivity contribution in [2.24, 2.45) is 0 Å². The van der Waals surface area contributed by atoms with Crippen molar-refractivity contribution < 1.29 is 58.6 Å². The number of nitrogens with zero attached hydrogens (tertiary/aromatic N) is 1. The van der Waals surface area contributed by atoms with Gasteiger partial charge in [0.15, 0.2) is 0 Å². The van der Waals surface area contributed by atoms with Crippen molar-refractivity contribution in [2.45, 2.75) is 63.1 Å². The van der Waals surface area contributed by atoms with Gasteiger partial charge in [-0.3, -0.25) is 9.69 Å². The van der Waals surface area contributed by atoms with Crippen LogP contribution in [0.5, 0.6) is 0 Å². The highest BCUT2D eigenvalue weighted by molar-refractivity contribution is 5.91. The molecule has 0 saturated carbocycles. The highest BCUT2D eigenvalue weighted by Gasteiger charge is 2.46. The molecule has 0 N–H and O–H groups in total. The van der Waals surface area contributed by atoms with E-state index in [0.717, 1.165) is 18.1 Å². The molecule has 40 heavy (non-hydrogen) atoms. The Kier molecular flexibility index (Phi) is 8.70. The molecule has 0 spiro atoms. The number of carbonyl (C=O) groups is 2. The molecule has 3 rings (SSSR count). The van der Waals surface area contributed by atoms with Gasteiger partial charge >= 0.3 is 30.6 Å². The first-order valence-corrected chi connectivity index (χ1v) is 12.0. The molecule has 1 aliphatic rings. The van der Waals surface area contributed by atoms with Gasteiger partial charge in [0.2, 0.25) is 0 Å². The van der Waals surface area contributed by atoms with Crippen LogP contribution >= 0.6 is 0 Å². The number of amides is 1. The molecular formula is C26H24F9NO4. The van der Waals surface area contributed by atoms with E-state index in [2.05, 4.69) is 0 Å². The van der Waals surface area contributed by atoms with Crippen LogP contribution < -0.4 is 4.90 Å². The van der Waals surface area contributed by atoms with Gasteiger partial charge in [-0.2, -0.15) is 39.5 Å². The summed E-state index contributed by atoms with van der Waals surface area (Å²) in [4.78, 5) is 26.9. The lowest BCUT2D eigenvalue weighted by Gasteiger charge is -2.42. The molecule has 3 atom stereocenters. The largest absolute Gasteiger partial charge is 0.469 e. The first-order valence-electron chi connectivity index (χ1n) is 12.0. The summed E-state index contributed by atoms with van der Waals surface area (Å²) in [6.07, 6.45) is -16.4. The predicted octanol–water partition coefficient (Wildman–Crippen LogP) is 7.93. The second kappa shape index (κ2) is 11.2. The SMILES string of the molecule is CCOC(=O)N1c2ccc(C(F)(F)F)cc2[C@@H]([C@@H](C(=O)OC)c2cc(C(F)(F)F)cc(C(F)(F)F)c2)C[C@H]1CC. The van der Waals surface area contributed by atoms with Crippen LogP contribution in [0.1, 0.15) is 66.3 Å². The molecule has 5 nitrogen and oxygen atoms in total. The van der Waals surface area contributed by atoms with Gasteiger partial charge in [0, 0.05) is 12.0 Å².